The van der Waals surface area contributed by atoms with Crippen molar-refractivity contribution in [3.8, 4) is 11.1 Å². The molecule has 7 nitrogen and oxygen atoms in total. The summed E-state index contributed by atoms with van der Waals surface area (Å²) >= 11 is 0. The summed E-state index contributed by atoms with van der Waals surface area (Å²) in [6.07, 6.45) is 0. The number of carbonyl (C=O) groups is 3. The molecule has 198 valence electrons. The maximum atomic E-state index is 13.8. The first-order valence-corrected chi connectivity index (χ1v) is 12.8. The second-order valence-electron chi connectivity index (χ2n) is 9.27. The minimum Gasteiger partial charge on any atom is -0.378 e. The van der Waals surface area contributed by atoms with Crippen molar-refractivity contribution in [3.63, 3.8) is 0 Å². The number of nitrogens with zero attached hydrogens (tertiary/aromatic N) is 2. The topological polar surface area (TPSA) is 79.0 Å². The number of carbonyl (C=O) groups excluding carboxylic acids is 3. The number of imide groups is 1. The van der Waals surface area contributed by atoms with Crippen molar-refractivity contribution in [2.24, 2.45) is 0 Å². The Morgan fingerprint density at radius 2 is 1.56 bits per heavy atom. The lowest BCUT2D eigenvalue weighted by Crippen LogP contribution is -2.49. The number of halogens is 1. The average Bonchev–Trinajstić information content (AvgIpc) is 2.99. The SMILES string of the molecule is O=C(CNC(=O)N(Cc1cccc2ccccc12)C(=O)c1cccc(-c2ccc(F)cc2)c1)N1CCOCC1. The molecule has 5 rings (SSSR count). The molecule has 0 saturated carbocycles. The average molecular weight is 526 g/mol. The van der Waals surface area contributed by atoms with Gasteiger partial charge in [0, 0.05) is 18.7 Å². The molecule has 0 radical (unpaired) electrons. The third kappa shape index (κ3) is 6.13. The summed E-state index contributed by atoms with van der Waals surface area (Å²) in [7, 11) is 0. The standard InChI is InChI=1S/C31H28FN3O4/c32-27-13-11-22(12-14-27)24-7-4-8-25(19-24)30(37)35(21-26-9-3-6-23-5-1-2-10-28(23)26)31(38)33-20-29(36)34-15-17-39-18-16-34/h1-14,19H,15-18,20-21H2,(H,33,38). The Morgan fingerprint density at radius 3 is 2.36 bits per heavy atom. The van der Waals surface area contributed by atoms with Gasteiger partial charge in [-0.25, -0.2) is 9.18 Å². The van der Waals surface area contributed by atoms with Crippen LogP contribution in [0.1, 0.15) is 15.9 Å². The van der Waals surface area contributed by atoms with Gasteiger partial charge in [0.15, 0.2) is 0 Å². The van der Waals surface area contributed by atoms with E-state index in [1.54, 1.807) is 35.2 Å². The Labute approximate surface area is 225 Å². The van der Waals surface area contributed by atoms with Crippen molar-refractivity contribution >= 4 is 28.6 Å². The van der Waals surface area contributed by atoms with E-state index in [1.807, 2.05) is 48.5 Å². The molecule has 0 spiro atoms. The van der Waals surface area contributed by atoms with E-state index in [4.69, 9.17) is 4.74 Å². The summed E-state index contributed by atoms with van der Waals surface area (Å²) in [5.74, 6) is -1.10. The maximum absolute atomic E-state index is 13.8. The third-order valence-electron chi connectivity index (χ3n) is 6.74. The van der Waals surface area contributed by atoms with Crippen molar-refractivity contribution in [1.29, 1.82) is 0 Å². The summed E-state index contributed by atoms with van der Waals surface area (Å²) in [6, 6.07) is 25.7. The van der Waals surface area contributed by atoms with Crippen molar-refractivity contribution in [1.82, 2.24) is 15.1 Å². The molecule has 4 aromatic carbocycles. The minimum absolute atomic E-state index is 0.0124. The fourth-order valence-corrected chi connectivity index (χ4v) is 4.64. The van der Waals surface area contributed by atoms with Crippen LogP contribution in [0.15, 0.2) is 91.0 Å². The Balaban J connectivity index is 1.42. The van der Waals surface area contributed by atoms with Gasteiger partial charge in [-0.05, 0) is 51.7 Å². The van der Waals surface area contributed by atoms with Crippen LogP contribution in [0, 0.1) is 5.82 Å². The summed E-state index contributed by atoms with van der Waals surface area (Å²) < 4.78 is 18.7. The molecule has 4 amide bonds. The quantitative estimate of drug-likeness (QED) is 0.390. The highest BCUT2D eigenvalue weighted by molar-refractivity contribution is 6.05. The highest BCUT2D eigenvalue weighted by Gasteiger charge is 2.26. The number of benzene rings is 4. The number of nitrogens with one attached hydrogen (secondary N) is 1. The first-order chi connectivity index (χ1) is 19.0. The highest BCUT2D eigenvalue weighted by Crippen LogP contribution is 2.24. The highest BCUT2D eigenvalue weighted by atomic mass is 19.1. The molecule has 1 N–H and O–H groups in total. The van der Waals surface area contributed by atoms with Gasteiger partial charge in [-0.3, -0.25) is 14.5 Å². The van der Waals surface area contributed by atoms with E-state index in [9.17, 15) is 18.8 Å². The van der Waals surface area contributed by atoms with Gasteiger partial charge in [-0.1, -0.05) is 66.7 Å². The molecule has 8 heteroatoms. The van der Waals surface area contributed by atoms with Crippen LogP contribution in [-0.4, -0.2) is 60.5 Å². The molecule has 0 aliphatic carbocycles. The second-order valence-corrected chi connectivity index (χ2v) is 9.27. The lowest BCUT2D eigenvalue weighted by molar-refractivity contribution is -0.134. The summed E-state index contributed by atoms with van der Waals surface area (Å²) in [6.45, 7) is 1.62. The van der Waals surface area contributed by atoms with Crippen LogP contribution in [0.3, 0.4) is 0 Å². The fourth-order valence-electron chi connectivity index (χ4n) is 4.64. The van der Waals surface area contributed by atoms with Crippen molar-refractivity contribution in [2.75, 3.05) is 32.8 Å². The largest absolute Gasteiger partial charge is 0.378 e. The van der Waals surface area contributed by atoms with Crippen LogP contribution in [-0.2, 0) is 16.1 Å². The summed E-state index contributed by atoms with van der Waals surface area (Å²) in [4.78, 5) is 42.6. The van der Waals surface area contributed by atoms with E-state index < -0.39 is 11.9 Å². The van der Waals surface area contributed by atoms with Crippen LogP contribution in [0.25, 0.3) is 21.9 Å². The zero-order chi connectivity index (χ0) is 27.2. The molecule has 39 heavy (non-hydrogen) atoms. The maximum Gasteiger partial charge on any atom is 0.325 e. The number of ether oxygens (including phenoxy) is 1. The second kappa shape index (κ2) is 11.9. The van der Waals surface area contributed by atoms with E-state index in [-0.39, 0.29) is 24.8 Å². The predicted molar refractivity (Wildman–Crippen MR) is 146 cm³/mol. The van der Waals surface area contributed by atoms with Crippen molar-refractivity contribution < 1.29 is 23.5 Å². The Bertz CT molecular complexity index is 1490. The van der Waals surface area contributed by atoms with E-state index in [2.05, 4.69) is 5.32 Å². The number of rotatable bonds is 6. The predicted octanol–water partition coefficient (Wildman–Crippen LogP) is 4.86. The monoisotopic (exact) mass is 525 g/mol. The van der Waals surface area contributed by atoms with Gasteiger partial charge in [0.05, 0.1) is 26.3 Å². The lowest BCUT2D eigenvalue weighted by atomic mass is 10.0. The van der Waals surface area contributed by atoms with Gasteiger partial charge < -0.3 is 15.0 Å². The van der Waals surface area contributed by atoms with Crippen LogP contribution < -0.4 is 5.32 Å². The molecular formula is C31H28FN3O4. The van der Waals surface area contributed by atoms with Crippen molar-refractivity contribution in [2.45, 2.75) is 6.54 Å². The van der Waals surface area contributed by atoms with Crippen LogP contribution in [0.2, 0.25) is 0 Å². The normalized spacial score (nSPS) is 13.2. The zero-order valence-corrected chi connectivity index (χ0v) is 21.3. The van der Waals surface area contributed by atoms with E-state index >= 15 is 0 Å². The molecule has 4 aromatic rings. The molecule has 1 aliphatic heterocycles. The summed E-state index contributed by atoms with van der Waals surface area (Å²) in [5.41, 5.74) is 2.55. The smallest absolute Gasteiger partial charge is 0.325 e. The van der Waals surface area contributed by atoms with Crippen molar-refractivity contribution in [3.05, 3.63) is 108 Å². The fraction of sp³-hybridized carbons (Fsp3) is 0.194. The van der Waals surface area contributed by atoms with E-state index in [0.717, 1.165) is 26.8 Å². The van der Waals surface area contributed by atoms with E-state index in [0.29, 0.717) is 37.4 Å². The molecule has 1 aliphatic rings. The van der Waals surface area contributed by atoms with E-state index in [1.165, 1.54) is 12.1 Å². The number of urea groups is 1. The number of amides is 4. The minimum atomic E-state index is -0.665. The Morgan fingerprint density at radius 1 is 0.846 bits per heavy atom. The van der Waals surface area contributed by atoms with Crippen LogP contribution in [0.5, 0.6) is 0 Å². The van der Waals surface area contributed by atoms with Gasteiger partial charge in [0.25, 0.3) is 5.91 Å². The van der Waals surface area contributed by atoms with Gasteiger partial charge in [-0.2, -0.15) is 0 Å². The lowest BCUT2D eigenvalue weighted by Gasteiger charge is -2.27. The van der Waals surface area contributed by atoms with Crippen LogP contribution in [0.4, 0.5) is 9.18 Å². The molecule has 1 saturated heterocycles. The first-order valence-electron chi connectivity index (χ1n) is 12.8. The summed E-state index contributed by atoms with van der Waals surface area (Å²) in [5, 5.41) is 4.56. The number of morpholine rings is 1. The number of fused-ring (bicyclic) bond motifs is 1. The number of hydrogen-bond acceptors (Lipinski definition) is 4. The molecule has 0 unspecified atom stereocenters. The Kier molecular flexibility index (Phi) is 7.94. The zero-order valence-electron chi connectivity index (χ0n) is 21.3. The molecule has 1 heterocycles. The van der Waals surface area contributed by atoms with Gasteiger partial charge in [0.1, 0.15) is 5.82 Å². The first kappa shape index (κ1) is 26.1. The molecule has 1 fully saturated rings. The van der Waals surface area contributed by atoms with Crippen LogP contribution >= 0.6 is 0 Å². The molecule has 0 atom stereocenters. The molecule has 0 bridgehead atoms. The Hall–Kier alpha value is -4.56. The number of hydrogen-bond donors (Lipinski definition) is 1. The van der Waals surface area contributed by atoms with Gasteiger partial charge in [0.2, 0.25) is 5.91 Å². The van der Waals surface area contributed by atoms with Gasteiger partial charge in [-0.15, -0.1) is 0 Å². The molecule has 0 aromatic heterocycles. The molecular weight excluding hydrogens is 497 g/mol. The third-order valence-corrected chi connectivity index (χ3v) is 6.74. The van der Waals surface area contributed by atoms with Gasteiger partial charge >= 0.3 is 6.03 Å².